The molecule has 8 heteroatoms. The van der Waals surface area contributed by atoms with Crippen molar-refractivity contribution in [3.05, 3.63) is 51.6 Å². The van der Waals surface area contributed by atoms with E-state index in [2.05, 4.69) is 15.0 Å². The minimum absolute atomic E-state index is 0.0119. The molecule has 1 aromatic heterocycles. The molecule has 0 fully saturated rings. The molecule has 2 aromatic rings. The average molecular weight is 369 g/mol. The number of anilines is 1. The summed E-state index contributed by atoms with van der Waals surface area (Å²) in [4.78, 5) is 28.0. The molecule has 0 unspecified atom stereocenters. The quantitative estimate of drug-likeness (QED) is 0.811. The molecule has 0 atom stereocenters. The molecule has 0 aliphatic rings. The highest BCUT2D eigenvalue weighted by Crippen LogP contribution is 2.25. The summed E-state index contributed by atoms with van der Waals surface area (Å²) in [6.07, 6.45) is 0. The second-order valence-electron chi connectivity index (χ2n) is 4.55. The molecule has 6 nitrogen and oxygen atoms in total. The van der Waals surface area contributed by atoms with Crippen molar-refractivity contribution in [2.24, 2.45) is 0 Å². The highest BCUT2D eigenvalue weighted by molar-refractivity contribution is 6.35. The first kappa shape index (κ1) is 18.0. The highest BCUT2D eigenvalue weighted by atomic mass is 35.5. The van der Waals surface area contributed by atoms with E-state index in [-0.39, 0.29) is 32.9 Å². The summed E-state index contributed by atoms with van der Waals surface area (Å²) in [5.41, 5.74) is 0.478. The van der Waals surface area contributed by atoms with Gasteiger partial charge in [-0.3, -0.25) is 4.79 Å². The fraction of sp³-hybridized carbons (Fsp3) is 0.188. The van der Waals surface area contributed by atoms with Gasteiger partial charge in [0.25, 0.3) is 5.91 Å². The van der Waals surface area contributed by atoms with Crippen LogP contribution in [0.25, 0.3) is 0 Å². The lowest BCUT2D eigenvalue weighted by Gasteiger charge is -2.10. The summed E-state index contributed by atoms with van der Waals surface area (Å²) in [5, 5.41) is 3.00. The number of esters is 1. The second-order valence-corrected chi connectivity index (χ2v) is 5.37. The zero-order valence-electron chi connectivity index (χ0n) is 12.9. The lowest BCUT2D eigenvalue weighted by Crippen LogP contribution is -2.16. The Kier molecular flexibility index (Phi) is 6.00. The molecule has 0 saturated carbocycles. The minimum Gasteiger partial charge on any atom is -0.478 e. The van der Waals surface area contributed by atoms with Gasteiger partial charge in [0.05, 0.1) is 35.0 Å². The average Bonchev–Trinajstić information content (AvgIpc) is 2.58. The zero-order valence-corrected chi connectivity index (χ0v) is 14.4. The van der Waals surface area contributed by atoms with Crippen LogP contribution in [0.5, 0.6) is 5.88 Å². The van der Waals surface area contributed by atoms with E-state index in [0.29, 0.717) is 6.61 Å². The van der Waals surface area contributed by atoms with Crippen LogP contribution in [0.4, 0.5) is 5.69 Å². The minimum atomic E-state index is -0.578. The maximum Gasteiger partial charge on any atom is 0.337 e. The largest absolute Gasteiger partial charge is 0.478 e. The van der Waals surface area contributed by atoms with Crippen molar-refractivity contribution in [3.63, 3.8) is 0 Å². The number of carbonyl (C=O) groups excluding carboxylic acids is 2. The molecule has 1 N–H and O–H groups in total. The summed E-state index contributed by atoms with van der Waals surface area (Å²) in [7, 11) is 1.26. The highest BCUT2D eigenvalue weighted by Gasteiger charge is 2.17. The van der Waals surface area contributed by atoms with Gasteiger partial charge in [-0.2, -0.15) is 0 Å². The van der Waals surface area contributed by atoms with E-state index in [0.717, 1.165) is 0 Å². The SMILES string of the molecule is CCOc1ccc(Cl)c(C(=O)Nc2cc(C(=O)OC)ccc2Cl)n1. The van der Waals surface area contributed by atoms with E-state index in [4.69, 9.17) is 27.9 Å². The van der Waals surface area contributed by atoms with Crippen LogP contribution in [0.15, 0.2) is 30.3 Å². The van der Waals surface area contributed by atoms with E-state index in [1.165, 1.54) is 31.4 Å². The molecule has 24 heavy (non-hydrogen) atoms. The number of nitrogens with one attached hydrogen (secondary N) is 1. The molecule has 0 radical (unpaired) electrons. The number of methoxy groups -OCH3 is 1. The summed E-state index contributed by atoms with van der Waals surface area (Å²) in [5.74, 6) is -0.844. The molecule has 1 heterocycles. The van der Waals surface area contributed by atoms with Gasteiger partial charge in [-0.15, -0.1) is 0 Å². The maximum absolute atomic E-state index is 12.4. The smallest absolute Gasteiger partial charge is 0.337 e. The number of hydrogen-bond donors (Lipinski definition) is 1. The molecule has 0 spiro atoms. The number of amides is 1. The number of nitrogens with zero attached hydrogens (tertiary/aromatic N) is 1. The second kappa shape index (κ2) is 7.99. The monoisotopic (exact) mass is 368 g/mol. The van der Waals surface area contributed by atoms with Gasteiger partial charge >= 0.3 is 5.97 Å². The van der Waals surface area contributed by atoms with Gasteiger partial charge in [0.1, 0.15) is 0 Å². The molecule has 2 rings (SSSR count). The first-order valence-corrected chi connectivity index (χ1v) is 7.70. The lowest BCUT2D eigenvalue weighted by atomic mass is 10.2. The van der Waals surface area contributed by atoms with Crippen LogP contribution in [0, 0.1) is 0 Å². The van der Waals surface area contributed by atoms with Crippen molar-refractivity contribution in [3.8, 4) is 5.88 Å². The van der Waals surface area contributed by atoms with Gasteiger partial charge in [-0.05, 0) is 31.2 Å². The topological polar surface area (TPSA) is 77.5 Å². The van der Waals surface area contributed by atoms with E-state index >= 15 is 0 Å². The predicted molar refractivity (Wildman–Crippen MR) is 91.2 cm³/mol. The Hall–Kier alpha value is -2.31. The number of ether oxygens (including phenoxy) is 2. The van der Waals surface area contributed by atoms with Crippen LogP contribution in [-0.4, -0.2) is 30.6 Å². The molecular weight excluding hydrogens is 355 g/mol. The number of rotatable bonds is 5. The van der Waals surface area contributed by atoms with Crippen LogP contribution < -0.4 is 10.1 Å². The van der Waals surface area contributed by atoms with E-state index < -0.39 is 11.9 Å². The molecule has 0 saturated heterocycles. The number of pyridine rings is 1. The van der Waals surface area contributed by atoms with Crippen LogP contribution in [0.1, 0.15) is 27.8 Å². The Bertz CT molecular complexity index is 781. The van der Waals surface area contributed by atoms with E-state index in [1.807, 2.05) is 0 Å². The standard InChI is InChI=1S/C16H14Cl2N2O4/c1-3-24-13-7-6-11(18)14(20-13)15(21)19-12-8-9(16(22)23-2)4-5-10(12)17/h4-8H,3H2,1-2H3,(H,19,21). The van der Waals surface area contributed by atoms with E-state index in [9.17, 15) is 9.59 Å². The van der Waals surface area contributed by atoms with Gasteiger partial charge in [0.15, 0.2) is 5.69 Å². The van der Waals surface area contributed by atoms with Gasteiger partial charge < -0.3 is 14.8 Å². The Balaban J connectivity index is 2.29. The molecular formula is C16H14Cl2N2O4. The molecule has 0 aliphatic carbocycles. The first-order chi connectivity index (χ1) is 11.5. The van der Waals surface area contributed by atoms with Crippen molar-refractivity contribution in [1.82, 2.24) is 4.98 Å². The van der Waals surface area contributed by atoms with Crippen LogP contribution >= 0.6 is 23.2 Å². The third kappa shape index (κ3) is 4.15. The molecule has 126 valence electrons. The molecule has 0 bridgehead atoms. The molecule has 1 aromatic carbocycles. The number of aromatic nitrogens is 1. The van der Waals surface area contributed by atoms with Crippen molar-refractivity contribution in [2.75, 3.05) is 19.0 Å². The summed E-state index contributed by atoms with van der Waals surface area (Å²) in [6, 6.07) is 7.46. The summed E-state index contributed by atoms with van der Waals surface area (Å²) >= 11 is 12.1. The van der Waals surface area contributed by atoms with Crippen LogP contribution in [-0.2, 0) is 4.74 Å². The first-order valence-electron chi connectivity index (χ1n) is 6.94. The van der Waals surface area contributed by atoms with Crippen LogP contribution in [0.3, 0.4) is 0 Å². The van der Waals surface area contributed by atoms with Crippen molar-refractivity contribution in [2.45, 2.75) is 6.92 Å². The molecule has 0 aliphatic heterocycles. The number of benzene rings is 1. The normalized spacial score (nSPS) is 10.2. The van der Waals surface area contributed by atoms with E-state index in [1.54, 1.807) is 13.0 Å². The van der Waals surface area contributed by atoms with Gasteiger partial charge in [-0.25, -0.2) is 9.78 Å². The lowest BCUT2D eigenvalue weighted by molar-refractivity contribution is 0.0600. The van der Waals surface area contributed by atoms with Crippen molar-refractivity contribution >= 4 is 40.8 Å². The fourth-order valence-corrected chi connectivity index (χ4v) is 2.22. The number of hydrogen-bond acceptors (Lipinski definition) is 5. The van der Waals surface area contributed by atoms with Crippen molar-refractivity contribution < 1.29 is 19.1 Å². The Morgan fingerprint density at radius 2 is 1.88 bits per heavy atom. The number of carbonyl (C=O) groups is 2. The predicted octanol–water partition coefficient (Wildman–Crippen LogP) is 3.83. The zero-order chi connectivity index (χ0) is 17.7. The Morgan fingerprint density at radius 3 is 2.54 bits per heavy atom. The number of halogens is 2. The Labute approximate surface area is 148 Å². The third-order valence-electron chi connectivity index (χ3n) is 2.96. The van der Waals surface area contributed by atoms with Gasteiger partial charge in [-0.1, -0.05) is 23.2 Å². The summed E-state index contributed by atoms with van der Waals surface area (Å²) in [6.45, 7) is 2.21. The fourth-order valence-electron chi connectivity index (χ4n) is 1.86. The Morgan fingerprint density at radius 1 is 1.17 bits per heavy atom. The van der Waals surface area contributed by atoms with Crippen molar-refractivity contribution in [1.29, 1.82) is 0 Å². The van der Waals surface area contributed by atoms with Gasteiger partial charge in [0, 0.05) is 6.07 Å². The maximum atomic E-state index is 12.4. The summed E-state index contributed by atoms with van der Waals surface area (Å²) < 4.78 is 9.89. The van der Waals surface area contributed by atoms with Crippen LogP contribution in [0.2, 0.25) is 10.0 Å². The van der Waals surface area contributed by atoms with Gasteiger partial charge in [0.2, 0.25) is 5.88 Å². The third-order valence-corrected chi connectivity index (χ3v) is 3.60. The molecule has 1 amide bonds.